The number of β-lactam (4-membered cyclic amide) rings is 2. The summed E-state index contributed by atoms with van der Waals surface area (Å²) in [6.45, 7) is 11.0. The fraction of sp³-hybridized carbons (Fsp3) is 0.364. The van der Waals surface area contributed by atoms with E-state index < -0.39 is 30.3 Å². The van der Waals surface area contributed by atoms with Crippen LogP contribution in [-0.4, -0.2) is 54.0 Å². The Hall–Kier alpha value is -3.20. The van der Waals surface area contributed by atoms with Crippen LogP contribution < -0.4 is 0 Å². The average Bonchev–Trinajstić information content (AvgIpc) is 2.94. The van der Waals surface area contributed by atoms with Gasteiger partial charge in [-0.25, -0.2) is 5.06 Å². The molecule has 2 saturated heterocycles. The van der Waals surface area contributed by atoms with Crippen LogP contribution in [0.15, 0.2) is 91.0 Å². The molecule has 41 heavy (non-hydrogen) atoms. The summed E-state index contributed by atoms with van der Waals surface area (Å²) >= 11 is 1.67. The van der Waals surface area contributed by atoms with Crippen molar-refractivity contribution in [3.05, 3.63) is 108 Å². The van der Waals surface area contributed by atoms with Gasteiger partial charge in [-0.05, 0) is 21.7 Å². The molecule has 2 fully saturated rings. The fourth-order valence-electron chi connectivity index (χ4n) is 5.76. The van der Waals surface area contributed by atoms with E-state index in [1.807, 2.05) is 59.2 Å². The SMILES string of the molecule is CON1C(=O)C[C@@H]1C(=O)[C@H]1C(=O)N([Si](C)(C)C(C)(C)C)[C@@H]1SC(c1ccccc1)(c1ccccc1)c1ccccc1. The van der Waals surface area contributed by atoms with Gasteiger partial charge in [0.25, 0.3) is 0 Å². The number of hydroxylamine groups is 2. The summed E-state index contributed by atoms with van der Waals surface area (Å²) < 4.78 is 1.34. The van der Waals surface area contributed by atoms with Crippen LogP contribution in [0, 0.1) is 5.92 Å². The lowest BCUT2D eigenvalue weighted by Crippen LogP contribution is -2.75. The van der Waals surface area contributed by atoms with Gasteiger partial charge in [-0.1, -0.05) is 125 Å². The lowest BCUT2D eigenvalue weighted by molar-refractivity contribution is -0.217. The third-order valence-corrected chi connectivity index (χ3v) is 16.4. The predicted octanol–water partition coefficient (Wildman–Crippen LogP) is 6.23. The molecule has 3 aromatic rings. The number of benzene rings is 3. The number of carbonyl (C=O) groups excluding carboxylic acids is 3. The first-order chi connectivity index (χ1) is 19.4. The largest absolute Gasteiger partial charge is 0.356 e. The molecule has 0 spiro atoms. The number of hydrogen-bond acceptors (Lipinski definition) is 5. The molecule has 0 N–H and O–H groups in total. The number of rotatable bonds is 9. The van der Waals surface area contributed by atoms with Crippen LogP contribution in [0.2, 0.25) is 18.1 Å². The summed E-state index contributed by atoms with van der Waals surface area (Å²) in [6, 6.07) is 30.2. The highest BCUT2D eigenvalue weighted by Crippen LogP contribution is 2.57. The second-order valence-electron chi connectivity index (χ2n) is 12.3. The molecule has 2 heterocycles. The molecule has 3 aromatic carbocycles. The molecule has 0 unspecified atom stereocenters. The molecule has 5 rings (SSSR count). The Bertz CT molecular complexity index is 1330. The average molecular weight is 587 g/mol. The minimum atomic E-state index is -2.40. The standard InChI is InChI=1S/C33H38N2O4SSi/c1-32(2,3)41(5,6)35-30(38)28(29(37)26-22-27(36)34(26)39-4)31(35)40-33(23-16-10-7-11-17-23,24-18-12-8-13-19-24)25-20-14-9-15-21-25/h7-21,26,28,31H,22H2,1-6H3/t26-,28+,31-/m1/s1. The van der Waals surface area contributed by atoms with Crippen molar-refractivity contribution in [3.8, 4) is 0 Å². The van der Waals surface area contributed by atoms with Crippen molar-refractivity contribution < 1.29 is 19.2 Å². The van der Waals surface area contributed by atoms with E-state index in [2.05, 4.69) is 70.3 Å². The predicted molar refractivity (Wildman–Crippen MR) is 165 cm³/mol. The van der Waals surface area contributed by atoms with Gasteiger partial charge in [0.2, 0.25) is 11.8 Å². The number of nitrogens with zero attached hydrogens (tertiary/aromatic N) is 2. The number of thioether (sulfide) groups is 1. The lowest BCUT2D eigenvalue weighted by atomic mass is 9.84. The lowest BCUT2D eigenvalue weighted by Gasteiger charge is -2.59. The number of ketones is 1. The molecule has 6 nitrogen and oxygen atoms in total. The van der Waals surface area contributed by atoms with Gasteiger partial charge in [-0.15, -0.1) is 11.8 Å². The van der Waals surface area contributed by atoms with Crippen LogP contribution >= 0.6 is 11.8 Å². The molecular formula is C33H38N2O4SSi. The number of Topliss-reactive ketones (excluding diaryl/α,β-unsaturated/α-hetero) is 1. The monoisotopic (exact) mass is 586 g/mol. The maximum Gasteiger partial charge on any atom is 0.249 e. The second-order valence-corrected chi connectivity index (χ2v) is 18.7. The molecule has 3 atom stereocenters. The Balaban J connectivity index is 1.70. The quantitative estimate of drug-likeness (QED) is 0.129. The van der Waals surface area contributed by atoms with Crippen molar-refractivity contribution in [3.63, 3.8) is 0 Å². The van der Waals surface area contributed by atoms with Gasteiger partial charge in [0, 0.05) is 0 Å². The van der Waals surface area contributed by atoms with E-state index in [-0.39, 0.29) is 29.1 Å². The van der Waals surface area contributed by atoms with E-state index in [0.717, 1.165) is 21.8 Å². The first-order valence-electron chi connectivity index (χ1n) is 14.0. The molecular weight excluding hydrogens is 549 g/mol. The minimum absolute atomic E-state index is 0.0646. The second kappa shape index (κ2) is 10.9. The van der Waals surface area contributed by atoms with Crippen LogP contribution in [-0.2, 0) is 24.0 Å². The molecule has 0 saturated carbocycles. The molecule has 0 bridgehead atoms. The summed E-state index contributed by atoms with van der Waals surface area (Å²) in [6.07, 6.45) is 0.0646. The Morgan fingerprint density at radius 3 is 1.63 bits per heavy atom. The van der Waals surface area contributed by atoms with Gasteiger partial charge < -0.3 is 4.57 Å². The van der Waals surface area contributed by atoms with Crippen molar-refractivity contribution >= 4 is 37.6 Å². The van der Waals surface area contributed by atoms with Crippen LogP contribution in [0.25, 0.3) is 0 Å². The Labute approximate surface area is 248 Å². The number of carbonyl (C=O) groups is 3. The highest BCUT2D eigenvalue weighted by molar-refractivity contribution is 8.01. The van der Waals surface area contributed by atoms with Gasteiger partial charge in [0.15, 0.2) is 14.0 Å². The Kier molecular flexibility index (Phi) is 7.78. The highest BCUT2D eigenvalue weighted by Gasteiger charge is 2.64. The summed E-state index contributed by atoms with van der Waals surface area (Å²) in [5, 5.41) is 0.562. The molecule has 0 aliphatic carbocycles. The molecule has 8 heteroatoms. The van der Waals surface area contributed by atoms with E-state index >= 15 is 0 Å². The van der Waals surface area contributed by atoms with E-state index in [4.69, 9.17) is 4.84 Å². The number of amides is 2. The molecule has 0 aromatic heterocycles. The number of hydrogen-bond donors (Lipinski definition) is 0. The topological polar surface area (TPSA) is 66.9 Å². The van der Waals surface area contributed by atoms with Crippen molar-refractivity contribution in [2.45, 2.75) is 61.5 Å². The van der Waals surface area contributed by atoms with Gasteiger partial charge in [0.1, 0.15) is 12.0 Å². The normalized spacial score (nSPS) is 21.4. The molecule has 2 amide bonds. The maximum absolute atomic E-state index is 14.1. The van der Waals surface area contributed by atoms with E-state index in [1.165, 1.54) is 7.11 Å². The zero-order chi connectivity index (χ0) is 29.6. The Morgan fingerprint density at radius 1 is 0.829 bits per heavy atom. The third kappa shape index (κ3) is 4.76. The van der Waals surface area contributed by atoms with Gasteiger partial charge >= 0.3 is 0 Å². The van der Waals surface area contributed by atoms with Crippen molar-refractivity contribution in [2.24, 2.45) is 5.92 Å². The summed E-state index contributed by atoms with van der Waals surface area (Å²) in [4.78, 5) is 45.5. The summed E-state index contributed by atoms with van der Waals surface area (Å²) in [5.74, 6) is -1.50. The van der Waals surface area contributed by atoms with Crippen LogP contribution in [0.3, 0.4) is 0 Å². The summed E-state index contributed by atoms with van der Waals surface area (Å²) in [5.41, 5.74) is 3.21. The van der Waals surface area contributed by atoms with Gasteiger partial charge in [-0.2, -0.15) is 0 Å². The minimum Gasteiger partial charge on any atom is -0.356 e. The smallest absolute Gasteiger partial charge is 0.249 e. The van der Waals surface area contributed by atoms with E-state index in [9.17, 15) is 14.4 Å². The Morgan fingerprint density at radius 2 is 1.27 bits per heavy atom. The molecule has 2 aliphatic rings. The third-order valence-electron chi connectivity index (χ3n) is 9.05. The highest BCUT2D eigenvalue weighted by atomic mass is 32.2. The first-order valence-corrected chi connectivity index (χ1v) is 17.9. The van der Waals surface area contributed by atoms with Crippen LogP contribution in [0.4, 0.5) is 0 Å². The van der Waals surface area contributed by atoms with Crippen molar-refractivity contribution in [2.75, 3.05) is 7.11 Å². The molecule has 214 valence electrons. The first kappa shape index (κ1) is 29.3. The van der Waals surface area contributed by atoms with Crippen molar-refractivity contribution in [1.29, 1.82) is 0 Å². The zero-order valence-corrected chi connectivity index (χ0v) is 26.4. The van der Waals surface area contributed by atoms with E-state index in [0.29, 0.717) is 0 Å². The zero-order valence-electron chi connectivity index (χ0n) is 24.5. The molecule has 0 radical (unpaired) electrons. The van der Waals surface area contributed by atoms with Gasteiger partial charge in [-0.3, -0.25) is 19.2 Å². The van der Waals surface area contributed by atoms with Crippen LogP contribution in [0.5, 0.6) is 0 Å². The summed E-state index contributed by atoms with van der Waals surface area (Å²) in [7, 11) is -1.02. The van der Waals surface area contributed by atoms with Crippen molar-refractivity contribution in [1.82, 2.24) is 9.63 Å². The maximum atomic E-state index is 14.1. The van der Waals surface area contributed by atoms with E-state index in [1.54, 1.807) is 11.8 Å². The van der Waals surface area contributed by atoms with Gasteiger partial charge in [0.05, 0.1) is 23.7 Å². The fourth-order valence-corrected chi connectivity index (χ4v) is 10.7. The molecule has 2 aliphatic heterocycles. The van der Waals surface area contributed by atoms with Crippen LogP contribution in [0.1, 0.15) is 43.9 Å².